The monoisotopic (exact) mass is 407 g/mol. The molecule has 5 nitrogen and oxygen atoms in total. The van der Waals surface area contributed by atoms with Crippen molar-refractivity contribution in [3.05, 3.63) is 75.2 Å². The maximum Gasteiger partial charge on any atom is 0.274 e. The van der Waals surface area contributed by atoms with Crippen molar-refractivity contribution in [3.8, 4) is 11.1 Å². The van der Waals surface area contributed by atoms with E-state index >= 15 is 0 Å². The maximum absolute atomic E-state index is 12.4. The fourth-order valence-electron chi connectivity index (χ4n) is 2.30. The quantitative estimate of drug-likeness (QED) is 0.605. The first-order chi connectivity index (χ1) is 12.5. The molecule has 1 aromatic carbocycles. The van der Waals surface area contributed by atoms with Crippen molar-refractivity contribution in [1.29, 1.82) is 0 Å². The van der Waals surface area contributed by atoms with Crippen molar-refractivity contribution in [3.63, 3.8) is 0 Å². The van der Waals surface area contributed by atoms with Crippen LogP contribution in [-0.4, -0.2) is 21.0 Å². The molecule has 2 N–H and O–H groups in total. The Morgan fingerprint density at radius 3 is 2.46 bits per heavy atom. The van der Waals surface area contributed by atoms with E-state index < -0.39 is 5.91 Å². The lowest BCUT2D eigenvalue weighted by atomic mass is 10.1. The molecule has 0 saturated carbocycles. The molecule has 8 heteroatoms. The molecule has 0 aliphatic rings. The second-order valence-corrected chi connectivity index (χ2v) is 6.41. The molecule has 0 saturated heterocycles. The third-order valence-electron chi connectivity index (χ3n) is 3.62. The Labute approximate surface area is 164 Å². The Hall–Kier alpha value is -2.18. The molecule has 0 bridgehead atoms. The van der Waals surface area contributed by atoms with Crippen LogP contribution < -0.4 is 5.32 Å². The summed E-state index contributed by atoms with van der Waals surface area (Å²) in [6, 6.07) is 10.0. The van der Waals surface area contributed by atoms with Crippen LogP contribution in [0.5, 0.6) is 0 Å². The molecular weight excluding hydrogens is 397 g/mol. The maximum atomic E-state index is 12.4. The van der Waals surface area contributed by atoms with Gasteiger partial charge >= 0.3 is 0 Å². The van der Waals surface area contributed by atoms with Crippen LogP contribution in [0.3, 0.4) is 0 Å². The third-order valence-corrected chi connectivity index (χ3v) is 4.80. The first-order valence-electron chi connectivity index (χ1n) is 7.47. The molecule has 26 heavy (non-hydrogen) atoms. The minimum atomic E-state index is -0.424. The van der Waals surface area contributed by atoms with Crippen LogP contribution in [0, 0.1) is 0 Å². The summed E-state index contributed by atoms with van der Waals surface area (Å²) in [4.78, 5) is 20.3. The van der Waals surface area contributed by atoms with E-state index in [1.807, 2.05) is 0 Å². The Bertz CT molecular complexity index is 962. The minimum absolute atomic E-state index is 0.141. The smallest absolute Gasteiger partial charge is 0.274 e. The SMILES string of the molecule is O=C(Nc1cccc(-c2ccnc(Cl)c2Cl)c1Cl)c1ccc(CO)cn1. The summed E-state index contributed by atoms with van der Waals surface area (Å²) in [6.45, 7) is -0.141. The molecule has 0 unspecified atom stereocenters. The molecule has 0 atom stereocenters. The zero-order valence-electron chi connectivity index (χ0n) is 13.2. The number of nitrogens with one attached hydrogen (secondary N) is 1. The van der Waals surface area contributed by atoms with Gasteiger partial charge in [0.25, 0.3) is 5.91 Å². The molecule has 0 spiro atoms. The summed E-state index contributed by atoms with van der Waals surface area (Å²) in [5.74, 6) is -0.424. The van der Waals surface area contributed by atoms with Gasteiger partial charge in [0.05, 0.1) is 22.3 Å². The topological polar surface area (TPSA) is 75.1 Å². The van der Waals surface area contributed by atoms with Crippen LogP contribution in [0.15, 0.2) is 48.8 Å². The van der Waals surface area contributed by atoms with Gasteiger partial charge in [0.1, 0.15) is 10.8 Å². The highest BCUT2D eigenvalue weighted by Crippen LogP contribution is 2.39. The fraction of sp³-hybridized carbons (Fsp3) is 0.0556. The molecular formula is C18H12Cl3N3O2. The van der Waals surface area contributed by atoms with Gasteiger partial charge in [0.2, 0.25) is 0 Å². The van der Waals surface area contributed by atoms with E-state index in [1.165, 1.54) is 18.5 Å². The Balaban J connectivity index is 1.92. The summed E-state index contributed by atoms with van der Waals surface area (Å²) >= 11 is 18.6. The normalized spacial score (nSPS) is 10.6. The van der Waals surface area contributed by atoms with Crippen LogP contribution in [0.2, 0.25) is 15.2 Å². The zero-order chi connectivity index (χ0) is 18.7. The van der Waals surface area contributed by atoms with Crippen LogP contribution in [0.25, 0.3) is 11.1 Å². The predicted octanol–water partition coefficient (Wildman–Crippen LogP) is 4.85. The number of hydrogen-bond acceptors (Lipinski definition) is 4. The number of nitrogens with zero attached hydrogens (tertiary/aromatic N) is 2. The Morgan fingerprint density at radius 2 is 1.77 bits per heavy atom. The minimum Gasteiger partial charge on any atom is -0.392 e. The average Bonchev–Trinajstić information content (AvgIpc) is 2.66. The van der Waals surface area contributed by atoms with Gasteiger partial charge < -0.3 is 10.4 Å². The molecule has 0 radical (unpaired) electrons. The molecule has 1 amide bonds. The number of aliphatic hydroxyl groups is 1. The van der Waals surface area contributed by atoms with Crippen LogP contribution in [-0.2, 0) is 6.61 Å². The summed E-state index contributed by atoms with van der Waals surface area (Å²) in [5, 5.41) is 12.5. The van der Waals surface area contributed by atoms with Crippen molar-refractivity contribution >= 4 is 46.4 Å². The van der Waals surface area contributed by atoms with E-state index in [2.05, 4.69) is 15.3 Å². The highest BCUT2D eigenvalue weighted by molar-refractivity contribution is 6.44. The summed E-state index contributed by atoms with van der Waals surface area (Å²) in [6.07, 6.45) is 2.96. The van der Waals surface area contributed by atoms with Gasteiger partial charge in [-0.1, -0.05) is 53.0 Å². The van der Waals surface area contributed by atoms with Crippen molar-refractivity contribution in [2.24, 2.45) is 0 Å². The van der Waals surface area contributed by atoms with E-state index in [1.54, 1.807) is 30.3 Å². The van der Waals surface area contributed by atoms with Crippen molar-refractivity contribution < 1.29 is 9.90 Å². The van der Waals surface area contributed by atoms with E-state index in [0.717, 1.165) is 0 Å². The van der Waals surface area contributed by atoms with Crippen LogP contribution in [0.4, 0.5) is 5.69 Å². The molecule has 3 rings (SSSR count). The van der Waals surface area contributed by atoms with Gasteiger partial charge in [-0.25, -0.2) is 4.98 Å². The summed E-state index contributed by atoms with van der Waals surface area (Å²) in [5.41, 5.74) is 2.45. The van der Waals surface area contributed by atoms with Crippen molar-refractivity contribution in [1.82, 2.24) is 9.97 Å². The van der Waals surface area contributed by atoms with E-state index in [0.29, 0.717) is 27.4 Å². The van der Waals surface area contributed by atoms with E-state index in [-0.39, 0.29) is 22.5 Å². The number of anilines is 1. The standard InChI is InChI=1S/C18H12Cl3N3O2/c19-15-11(12-6-7-22-17(21)16(12)20)2-1-3-13(15)24-18(26)14-5-4-10(9-25)8-23-14/h1-8,25H,9H2,(H,24,26). The Kier molecular flexibility index (Phi) is 5.74. The van der Waals surface area contributed by atoms with Crippen LogP contribution >= 0.6 is 34.8 Å². The number of rotatable bonds is 4. The van der Waals surface area contributed by atoms with Gasteiger partial charge in [0, 0.05) is 23.5 Å². The second-order valence-electron chi connectivity index (χ2n) is 5.29. The second kappa shape index (κ2) is 8.01. The third kappa shape index (κ3) is 3.81. The van der Waals surface area contributed by atoms with Gasteiger partial charge in [-0.15, -0.1) is 0 Å². The van der Waals surface area contributed by atoms with Crippen molar-refractivity contribution in [2.45, 2.75) is 6.61 Å². The zero-order valence-corrected chi connectivity index (χ0v) is 15.5. The summed E-state index contributed by atoms with van der Waals surface area (Å²) in [7, 11) is 0. The van der Waals surface area contributed by atoms with E-state index in [9.17, 15) is 4.79 Å². The summed E-state index contributed by atoms with van der Waals surface area (Å²) < 4.78 is 0. The molecule has 132 valence electrons. The number of pyridine rings is 2. The molecule has 0 aliphatic heterocycles. The molecule has 2 aromatic heterocycles. The number of hydrogen-bond donors (Lipinski definition) is 2. The average molecular weight is 409 g/mol. The van der Waals surface area contributed by atoms with Crippen LogP contribution in [0.1, 0.15) is 16.1 Å². The number of carbonyl (C=O) groups excluding carboxylic acids is 1. The number of amides is 1. The number of benzene rings is 1. The number of aromatic nitrogens is 2. The highest BCUT2D eigenvalue weighted by Gasteiger charge is 2.16. The molecule has 0 fully saturated rings. The van der Waals surface area contributed by atoms with Gasteiger partial charge in [-0.3, -0.25) is 9.78 Å². The number of aliphatic hydroxyl groups excluding tert-OH is 1. The van der Waals surface area contributed by atoms with E-state index in [4.69, 9.17) is 39.9 Å². The first-order valence-corrected chi connectivity index (χ1v) is 8.60. The van der Waals surface area contributed by atoms with Gasteiger partial charge in [-0.05, 0) is 23.8 Å². The molecule has 0 aliphatic carbocycles. The first kappa shape index (κ1) is 18.6. The lowest BCUT2D eigenvalue weighted by molar-refractivity contribution is 0.102. The highest BCUT2D eigenvalue weighted by atomic mass is 35.5. The number of halogens is 3. The lowest BCUT2D eigenvalue weighted by Crippen LogP contribution is -2.14. The Morgan fingerprint density at radius 1 is 1.00 bits per heavy atom. The predicted molar refractivity (Wildman–Crippen MR) is 103 cm³/mol. The molecule has 3 aromatic rings. The lowest BCUT2D eigenvalue weighted by Gasteiger charge is -2.12. The largest absolute Gasteiger partial charge is 0.392 e. The molecule has 2 heterocycles. The fourth-order valence-corrected chi connectivity index (χ4v) is 2.95. The van der Waals surface area contributed by atoms with Crippen molar-refractivity contribution in [2.75, 3.05) is 5.32 Å². The van der Waals surface area contributed by atoms with Gasteiger partial charge in [-0.2, -0.15) is 0 Å². The van der Waals surface area contributed by atoms with Gasteiger partial charge in [0.15, 0.2) is 0 Å². The number of carbonyl (C=O) groups is 1.